The molecule has 1 aliphatic heterocycles. The minimum absolute atomic E-state index is 0.257. The lowest BCUT2D eigenvalue weighted by atomic mass is 9.97. The number of nitrogens with zero attached hydrogens (tertiary/aromatic N) is 5. The maximum atomic E-state index is 12.8. The van der Waals surface area contributed by atoms with Gasteiger partial charge in [0.05, 0.1) is 5.56 Å². The van der Waals surface area contributed by atoms with Crippen molar-refractivity contribution in [1.29, 1.82) is 0 Å². The largest absolute Gasteiger partial charge is 0.416 e. The molecule has 0 amide bonds. The minimum atomic E-state index is -4.27. The number of rotatable bonds is 7. The summed E-state index contributed by atoms with van der Waals surface area (Å²) in [6.07, 6.45) is 0.821. The SMILES string of the molecule is Cc1ccc(-c2nnc(SCCCN3CCC4(CC4c4ccc(C(F)(F)F)cc4)C3)n2C)cn1. The molecule has 0 radical (unpaired) electrons. The Kier molecular flexibility index (Phi) is 6.18. The molecule has 2 aliphatic rings. The number of alkyl halides is 3. The van der Waals surface area contributed by atoms with Gasteiger partial charge in [-0.3, -0.25) is 4.98 Å². The van der Waals surface area contributed by atoms with E-state index in [2.05, 4.69) is 20.1 Å². The molecule has 1 saturated carbocycles. The number of benzene rings is 1. The number of likely N-dealkylation sites (tertiary alicyclic amines) is 1. The van der Waals surface area contributed by atoms with Gasteiger partial charge < -0.3 is 9.47 Å². The number of thioether (sulfide) groups is 1. The van der Waals surface area contributed by atoms with Crippen LogP contribution in [0.2, 0.25) is 0 Å². The first-order valence-electron chi connectivity index (χ1n) is 11.6. The molecule has 5 nitrogen and oxygen atoms in total. The van der Waals surface area contributed by atoms with Gasteiger partial charge in [-0.05, 0) is 80.4 Å². The summed E-state index contributed by atoms with van der Waals surface area (Å²) >= 11 is 1.72. The van der Waals surface area contributed by atoms with E-state index in [1.807, 2.05) is 36.9 Å². The van der Waals surface area contributed by atoms with Gasteiger partial charge in [0, 0.05) is 36.8 Å². The topological polar surface area (TPSA) is 46.8 Å². The average molecular weight is 488 g/mol. The van der Waals surface area contributed by atoms with Crippen LogP contribution in [0.4, 0.5) is 13.2 Å². The molecule has 1 aromatic carbocycles. The molecular formula is C25H28F3N5S. The Morgan fingerprint density at radius 3 is 2.62 bits per heavy atom. The van der Waals surface area contributed by atoms with Gasteiger partial charge in [0.1, 0.15) is 0 Å². The standard InChI is InChI=1S/C25H28F3N5S/c1-17-4-5-19(15-29-17)22-30-31-23(32(22)2)34-13-3-11-33-12-10-24(16-33)14-21(24)18-6-8-20(9-7-18)25(26,27)28/h4-9,15,21H,3,10-14,16H2,1-2H3. The summed E-state index contributed by atoms with van der Waals surface area (Å²) in [5.41, 5.74) is 2.67. The predicted octanol–water partition coefficient (Wildman–Crippen LogP) is 5.57. The Morgan fingerprint density at radius 1 is 1.12 bits per heavy atom. The Morgan fingerprint density at radius 2 is 1.91 bits per heavy atom. The van der Waals surface area contributed by atoms with Gasteiger partial charge in [-0.15, -0.1) is 10.2 Å². The quantitative estimate of drug-likeness (QED) is 0.322. The summed E-state index contributed by atoms with van der Waals surface area (Å²) in [7, 11) is 1.98. The third kappa shape index (κ3) is 4.73. The van der Waals surface area contributed by atoms with Gasteiger partial charge in [-0.1, -0.05) is 23.9 Å². The number of aromatic nitrogens is 4. The summed E-state index contributed by atoms with van der Waals surface area (Å²) in [4.78, 5) is 6.85. The summed E-state index contributed by atoms with van der Waals surface area (Å²) in [6, 6.07) is 9.77. The highest BCUT2D eigenvalue weighted by Gasteiger charge is 2.57. The molecule has 5 rings (SSSR count). The molecule has 2 atom stereocenters. The highest BCUT2D eigenvalue weighted by Crippen LogP contribution is 2.64. The van der Waals surface area contributed by atoms with Crippen LogP contribution in [-0.4, -0.2) is 50.0 Å². The first-order valence-corrected chi connectivity index (χ1v) is 12.6. The van der Waals surface area contributed by atoms with Gasteiger partial charge in [0.25, 0.3) is 0 Å². The van der Waals surface area contributed by atoms with Crippen LogP contribution in [0, 0.1) is 12.3 Å². The number of aryl methyl sites for hydroxylation is 1. The Bertz CT molecular complexity index is 1140. The normalized spacial score (nSPS) is 22.6. The third-order valence-corrected chi connectivity index (χ3v) is 8.26. The lowest BCUT2D eigenvalue weighted by Crippen LogP contribution is -2.23. The van der Waals surface area contributed by atoms with Crippen LogP contribution < -0.4 is 0 Å². The second-order valence-electron chi connectivity index (χ2n) is 9.52. The molecule has 3 heterocycles. The highest BCUT2D eigenvalue weighted by atomic mass is 32.2. The number of pyridine rings is 1. The van der Waals surface area contributed by atoms with Crippen LogP contribution in [0.5, 0.6) is 0 Å². The van der Waals surface area contributed by atoms with Gasteiger partial charge in [0.2, 0.25) is 0 Å². The fourth-order valence-corrected chi connectivity index (χ4v) is 5.93. The first kappa shape index (κ1) is 23.4. The fraction of sp³-hybridized carbons (Fsp3) is 0.480. The van der Waals surface area contributed by atoms with Crippen molar-refractivity contribution >= 4 is 11.8 Å². The predicted molar refractivity (Wildman–Crippen MR) is 127 cm³/mol. The van der Waals surface area contributed by atoms with Crippen LogP contribution in [0.3, 0.4) is 0 Å². The summed E-state index contributed by atoms with van der Waals surface area (Å²) < 4.78 is 40.5. The Balaban J connectivity index is 1.09. The molecule has 1 spiro atoms. The average Bonchev–Trinajstić information content (AvgIpc) is 3.16. The monoisotopic (exact) mass is 487 g/mol. The lowest BCUT2D eigenvalue weighted by Gasteiger charge is -2.16. The molecule has 34 heavy (non-hydrogen) atoms. The molecule has 0 N–H and O–H groups in total. The molecule has 2 unspecified atom stereocenters. The van der Waals surface area contributed by atoms with E-state index in [1.165, 1.54) is 12.1 Å². The zero-order valence-corrected chi connectivity index (χ0v) is 20.2. The third-order valence-electron chi connectivity index (χ3n) is 7.15. The molecule has 180 valence electrons. The van der Waals surface area contributed by atoms with E-state index in [1.54, 1.807) is 23.9 Å². The van der Waals surface area contributed by atoms with Crippen molar-refractivity contribution in [3.63, 3.8) is 0 Å². The van der Waals surface area contributed by atoms with Crippen LogP contribution >= 0.6 is 11.8 Å². The Labute approximate surface area is 201 Å². The van der Waals surface area contributed by atoms with Crippen molar-refractivity contribution in [2.45, 2.75) is 43.4 Å². The van der Waals surface area contributed by atoms with Crippen molar-refractivity contribution in [3.05, 3.63) is 59.4 Å². The van der Waals surface area contributed by atoms with Crippen molar-refractivity contribution in [2.24, 2.45) is 12.5 Å². The van der Waals surface area contributed by atoms with E-state index in [-0.39, 0.29) is 5.41 Å². The van der Waals surface area contributed by atoms with E-state index >= 15 is 0 Å². The molecule has 0 bridgehead atoms. The molecule has 2 fully saturated rings. The summed E-state index contributed by atoms with van der Waals surface area (Å²) in [5, 5.41) is 9.58. The van der Waals surface area contributed by atoms with Crippen molar-refractivity contribution in [1.82, 2.24) is 24.6 Å². The van der Waals surface area contributed by atoms with Gasteiger partial charge in [-0.25, -0.2) is 0 Å². The summed E-state index contributed by atoms with van der Waals surface area (Å²) in [6.45, 7) is 5.09. The van der Waals surface area contributed by atoms with Gasteiger partial charge in [-0.2, -0.15) is 13.2 Å². The van der Waals surface area contributed by atoms with E-state index in [4.69, 9.17) is 0 Å². The molecule has 1 aliphatic carbocycles. The maximum absolute atomic E-state index is 12.8. The molecule has 1 saturated heterocycles. The van der Waals surface area contributed by atoms with Crippen molar-refractivity contribution < 1.29 is 13.2 Å². The second-order valence-corrected chi connectivity index (χ2v) is 10.6. The van der Waals surface area contributed by atoms with Gasteiger partial charge in [0.15, 0.2) is 11.0 Å². The summed E-state index contributed by atoms with van der Waals surface area (Å²) in [5.74, 6) is 2.17. The second kappa shape index (κ2) is 9.00. The lowest BCUT2D eigenvalue weighted by molar-refractivity contribution is -0.137. The van der Waals surface area contributed by atoms with E-state index < -0.39 is 11.7 Å². The minimum Gasteiger partial charge on any atom is -0.305 e. The smallest absolute Gasteiger partial charge is 0.305 e. The number of halogens is 3. The van der Waals surface area contributed by atoms with E-state index in [0.29, 0.717) is 5.92 Å². The van der Waals surface area contributed by atoms with E-state index in [0.717, 1.165) is 72.5 Å². The van der Waals surface area contributed by atoms with E-state index in [9.17, 15) is 13.2 Å². The molecule has 2 aromatic heterocycles. The number of hydrogen-bond acceptors (Lipinski definition) is 5. The fourth-order valence-electron chi connectivity index (χ4n) is 5.09. The zero-order valence-electron chi connectivity index (χ0n) is 19.3. The Hall–Kier alpha value is -2.39. The zero-order chi connectivity index (χ0) is 23.9. The maximum Gasteiger partial charge on any atom is 0.416 e. The van der Waals surface area contributed by atoms with Gasteiger partial charge >= 0.3 is 6.18 Å². The van der Waals surface area contributed by atoms with Crippen LogP contribution in [0.25, 0.3) is 11.4 Å². The van der Waals surface area contributed by atoms with Crippen LogP contribution in [0.15, 0.2) is 47.8 Å². The van der Waals surface area contributed by atoms with Crippen LogP contribution in [-0.2, 0) is 13.2 Å². The van der Waals surface area contributed by atoms with Crippen LogP contribution in [0.1, 0.15) is 42.0 Å². The van der Waals surface area contributed by atoms with Crippen molar-refractivity contribution in [3.8, 4) is 11.4 Å². The molecule has 3 aromatic rings. The first-order chi connectivity index (χ1) is 16.2. The van der Waals surface area contributed by atoms with Crippen molar-refractivity contribution in [2.75, 3.05) is 25.4 Å². The number of hydrogen-bond donors (Lipinski definition) is 0. The highest BCUT2D eigenvalue weighted by molar-refractivity contribution is 7.99. The molecule has 9 heteroatoms. The molecular weight excluding hydrogens is 459 g/mol.